The lowest BCUT2D eigenvalue weighted by Gasteiger charge is -2.34. The Morgan fingerprint density at radius 3 is 1.62 bits per heavy atom. The molecule has 0 aromatic heterocycles. The van der Waals surface area contributed by atoms with Crippen LogP contribution in [0.2, 0.25) is 18.6 Å². The van der Waals surface area contributed by atoms with Crippen molar-refractivity contribution in [2.75, 3.05) is 6.61 Å². The van der Waals surface area contributed by atoms with E-state index in [0.717, 1.165) is 12.1 Å². The monoisotopic (exact) mass is 354 g/mol. The molecule has 24 heavy (non-hydrogen) atoms. The second-order valence-corrected chi connectivity index (χ2v) is 13.0. The molecule has 0 aliphatic heterocycles. The minimum atomic E-state index is -1.40. The highest BCUT2D eigenvalue weighted by Gasteiger charge is 2.34. The van der Waals surface area contributed by atoms with Gasteiger partial charge in [0.25, 0.3) is 0 Å². The van der Waals surface area contributed by atoms with Crippen LogP contribution < -0.4 is 0 Å². The molecule has 0 spiro atoms. The van der Waals surface area contributed by atoms with Gasteiger partial charge in [-0.2, -0.15) is 0 Å². The lowest BCUT2D eigenvalue weighted by atomic mass is 10.0. The van der Waals surface area contributed by atoms with Crippen molar-refractivity contribution >= 4 is 8.32 Å². The largest absolute Gasteiger partial charge is 0.417 e. The maximum Gasteiger partial charge on any atom is 0.189 e. The third-order valence-corrected chi connectivity index (χ3v) is 9.55. The van der Waals surface area contributed by atoms with Crippen molar-refractivity contribution in [3.63, 3.8) is 0 Å². The summed E-state index contributed by atoms with van der Waals surface area (Å²) in [6, 6.07) is 0. The summed E-state index contributed by atoms with van der Waals surface area (Å²) in [4.78, 5) is 0. The van der Waals surface area contributed by atoms with E-state index >= 15 is 0 Å². The molecule has 0 atom stereocenters. The fraction of sp³-hybridized carbons (Fsp3) is 1.00. The Morgan fingerprint density at radius 2 is 1.12 bits per heavy atom. The Balaban J connectivity index is 1.84. The van der Waals surface area contributed by atoms with E-state index in [1.54, 1.807) is 0 Å². The highest BCUT2D eigenvalue weighted by Crippen LogP contribution is 2.37. The predicted molar refractivity (Wildman–Crippen MR) is 111 cm³/mol. The molecule has 0 saturated heterocycles. The van der Waals surface area contributed by atoms with E-state index in [9.17, 15) is 0 Å². The van der Waals surface area contributed by atoms with E-state index in [1.165, 1.54) is 109 Å². The Kier molecular flexibility index (Phi) is 13.3. The van der Waals surface area contributed by atoms with Crippen LogP contribution in [0.15, 0.2) is 0 Å². The first-order valence-electron chi connectivity index (χ1n) is 11.3. The fourth-order valence-electron chi connectivity index (χ4n) is 4.19. The van der Waals surface area contributed by atoms with E-state index in [2.05, 4.69) is 20.0 Å². The third-order valence-electron chi connectivity index (χ3n) is 6.06. The zero-order valence-electron chi connectivity index (χ0n) is 17.2. The average molecular weight is 355 g/mol. The second kappa shape index (κ2) is 14.4. The average Bonchev–Trinajstić information content (AvgIpc) is 2.60. The summed E-state index contributed by atoms with van der Waals surface area (Å²) in [6.07, 6.45) is 24.3. The zero-order chi connectivity index (χ0) is 17.5. The van der Waals surface area contributed by atoms with Crippen molar-refractivity contribution in [3.8, 4) is 0 Å². The lowest BCUT2D eigenvalue weighted by molar-refractivity contribution is 0.277. The van der Waals surface area contributed by atoms with Crippen molar-refractivity contribution in [1.29, 1.82) is 0 Å². The molecule has 0 aromatic rings. The molecule has 0 unspecified atom stereocenters. The van der Waals surface area contributed by atoms with E-state index in [4.69, 9.17) is 4.43 Å². The quantitative estimate of drug-likeness (QED) is 0.212. The Bertz CT molecular complexity index is 271. The topological polar surface area (TPSA) is 9.23 Å². The van der Waals surface area contributed by atoms with Crippen LogP contribution in [-0.2, 0) is 4.43 Å². The molecular formula is C22H46OSi. The number of rotatable bonds is 15. The Hall–Kier alpha value is 0.177. The first-order valence-corrected chi connectivity index (χ1v) is 14.3. The van der Waals surface area contributed by atoms with Gasteiger partial charge >= 0.3 is 0 Å². The summed E-state index contributed by atoms with van der Waals surface area (Å²) >= 11 is 0. The maximum absolute atomic E-state index is 6.40. The smallest absolute Gasteiger partial charge is 0.189 e. The van der Waals surface area contributed by atoms with Gasteiger partial charge in [0.05, 0.1) is 0 Å². The van der Waals surface area contributed by atoms with Crippen molar-refractivity contribution < 1.29 is 4.43 Å². The van der Waals surface area contributed by atoms with Gasteiger partial charge in [-0.3, -0.25) is 0 Å². The summed E-state index contributed by atoms with van der Waals surface area (Å²) in [5.41, 5.74) is 0.934. The van der Waals surface area contributed by atoms with Crippen molar-refractivity contribution in [3.05, 3.63) is 0 Å². The SMILES string of the molecule is CCCCCCCCCCCCCCO[Si](C)(C)C1CCCCC1. The highest BCUT2D eigenvalue weighted by molar-refractivity contribution is 6.72. The van der Waals surface area contributed by atoms with Crippen molar-refractivity contribution in [2.45, 2.75) is 135 Å². The molecule has 144 valence electrons. The second-order valence-electron chi connectivity index (χ2n) is 8.68. The van der Waals surface area contributed by atoms with Gasteiger partial charge in [0.1, 0.15) is 0 Å². The minimum absolute atomic E-state index is 0.934. The summed E-state index contributed by atoms with van der Waals surface area (Å²) < 4.78 is 6.40. The van der Waals surface area contributed by atoms with Gasteiger partial charge in [-0.05, 0) is 25.1 Å². The van der Waals surface area contributed by atoms with Crippen molar-refractivity contribution in [1.82, 2.24) is 0 Å². The summed E-state index contributed by atoms with van der Waals surface area (Å²) in [5, 5.41) is 0. The van der Waals surface area contributed by atoms with Crippen LogP contribution in [0.3, 0.4) is 0 Å². The fourth-order valence-corrected chi connectivity index (χ4v) is 6.90. The van der Waals surface area contributed by atoms with Crippen LogP contribution >= 0.6 is 0 Å². The van der Waals surface area contributed by atoms with Crippen LogP contribution in [0.5, 0.6) is 0 Å². The van der Waals surface area contributed by atoms with E-state index < -0.39 is 8.32 Å². The van der Waals surface area contributed by atoms with Gasteiger partial charge in [-0.15, -0.1) is 0 Å². The summed E-state index contributed by atoms with van der Waals surface area (Å²) in [6.45, 7) is 8.25. The van der Waals surface area contributed by atoms with E-state index in [-0.39, 0.29) is 0 Å². The van der Waals surface area contributed by atoms with Crippen LogP contribution in [0.25, 0.3) is 0 Å². The number of unbranched alkanes of at least 4 members (excludes halogenated alkanes) is 11. The molecule has 0 radical (unpaired) electrons. The number of hydrogen-bond acceptors (Lipinski definition) is 1. The van der Waals surface area contributed by atoms with Gasteiger partial charge in [0, 0.05) is 6.61 Å². The molecule has 1 aliphatic carbocycles. The molecule has 0 bridgehead atoms. The molecule has 1 aliphatic rings. The molecule has 1 saturated carbocycles. The minimum Gasteiger partial charge on any atom is -0.417 e. The maximum atomic E-state index is 6.40. The van der Waals surface area contributed by atoms with E-state index in [0.29, 0.717) is 0 Å². The molecule has 1 nitrogen and oxygen atoms in total. The molecule has 0 heterocycles. The summed E-state index contributed by atoms with van der Waals surface area (Å²) in [7, 11) is -1.40. The molecule has 1 fully saturated rings. The molecule has 1 rings (SSSR count). The number of hydrogen-bond donors (Lipinski definition) is 0. The molecule has 0 N–H and O–H groups in total. The Labute approximate surface area is 154 Å². The predicted octanol–water partition coefficient (Wildman–Crippen LogP) is 8.24. The van der Waals surface area contributed by atoms with Crippen LogP contribution in [0.4, 0.5) is 0 Å². The molecule has 0 amide bonds. The molecule has 2 heteroatoms. The van der Waals surface area contributed by atoms with Gasteiger partial charge in [-0.25, -0.2) is 0 Å². The van der Waals surface area contributed by atoms with Gasteiger partial charge in [0.15, 0.2) is 8.32 Å². The Morgan fingerprint density at radius 1 is 0.667 bits per heavy atom. The van der Waals surface area contributed by atoms with Crippen LogP contribution in [0.1, 0.15) is 116 Å². The molecule has 0 aromatic carbocycles. The molecular weight excluding hydrogens is 308 g/mol. The summed E-state index contributed by atoms with van der Waals surface area (Å²) in [5.74, 6) is 0. The van der Waals surface area contributed by atoms with Gasteiger partial charge in [-0.1, -0.05) is 110 Å². The van der Waals surface area contributed by atoms with Gasteiger partial charge in [0.2, 0.25) is 0 Å². The zero-order valence-corrected chi connectivity index (χ0v) is 18.2. The van der Waals surface area contributed by atoms with Gasteiger partial charge < -0.3 is 4.43 Å². The first-order chi connectivity index (χ1) is 11.7. The van der Waals surface area contributed by atoms with Crippen LogP contribution in [-0.4, -0.2) is 14.9 Å². The standard InChI is InChI=1S/C22H46OSi/c1-4-5-6-7-8-9-10-11-12-13-14-18-21-23-24(2,3)22-19-16-15-17-20-22/h22H,4-21H2,1-3H3. The third kappa shape index (κ3) is 10.9. The highest BCUT2D eigenvalue weighted by atomic mass is 28.4. The first kappa shape index (κ1) is 22.2. The van der Waals surface area contributed by atoms with E-state index in [1.807, 2.05) is 0 Å². The van der Waals surface area contributed by atoms with Crippen LogP contribution in [0, 0.1) is 0 Å². The van der Waals surface area contributed by atoms with Crippen molar-refractivity contribution in [2.24, 2.45) is 0 Å². The lowest BCUT2D eigenvalue weighted by Crippen LogP contribution is -2.38. The normalized spacial score (nSPS) is 16.6.